The lowest BCUT2D eigenvalue weighted by atomic mass is 10.2. The van der Waals surface area contributed by atoms with E-state index in [1.807, 2.05) is 66.7 Å². The highest BCUT2D eigenvalue weighted by molar-refractivity contribution is 8.18. The fourth-order valence-corrected chi connectivity index (χ4v) is 3.97. The van der Waals surface area contributed by atoms with Gasteiger partial charge in [0.1, 0.15) is 5.75 Å². The van der Waals surface area contributed by atoms with Crippen LogP contribution in [0.3, 0.4) is 0 Å². The molecule has 1 heterocycles. The van der Waals surface area contributed by atoms with Gasteiger partial charge in [-0.25, -0.2) is 0 Å². The minimum Gasteiger partial charge on any atom is -0.508 e. The second-order valence-electron chi connectivity index (χ2n) is 6.66. The van der Waals surface area contributed by atoms with Crippen molar-refractivity contribution in [3.05, 3.63) is 107 Å². The van der Waals surface area contributed by atoms with Crippen LogP contribution < -0.4 is 0 Å². The third kappa shape index (κ3) is 4.76. The highest BCUT2D eigenvalue weighted by atomic mass is 32.2. The number of benzene rings is 3. The summed E-state index contributed by atoms with van der Waals surface area (Å²) in [6, 6.07) is 26.7. The molecular formula is C24H20N2O2S. The van der Waals surface area contributed by atoms with Crippen LogP contribution >= 0.6 is 11.8 Å². The quantitative estimate of drug-likeness (QED) is 0.609. The van der Waals surface area contributed by atoms with Gasteiger partial charge in [-0.3, -0.25) is 14.7 Å². The van der Waals surface area contributed by atoms with E-state index >= 15 is 0 Å². The molecule has 0 aromatic heterocycles. The van der Waals surface area contributed by atoms with Crippen molar-refractivity contribution in [2.75, 3.05) is 0 Å². The van der Waals surface area contributed by atoms with Crippen LogP contribution in [0.5, 0.6) is 5.75 Å². The van der Waals surface area contributed by atoms with Crippen LogP contribution in [0.2, 0.25) is 0 Å². The van der Waals surface area contributed by atoms with Gasteiger partial charge in [-0.1, -0.05) is 72.8 Å². The molecule has 1 fully saturated rings. The molecule has 0 spiro atoms. The number of hydrogen-bond donors (Lipinski definition) is 1. The molecule has 144 valence electrons. The Hall–Kier alpha value is -3.31. The van der Waals surface area contributed by atoms with Gasteiger partial charge in [0, 0.05) is 0 Å². The van der Waals surface area contributed by atoms with Crippen LogP contribution in [0.25, 0.3) is 6.08 Å². The Labute approximate surface area is 174 Å². The molecule has 3 aromatic carbocycles. The van der Waals surface area contributed by atoms with Gasteiger partial charge < -0.3 is 5.11 Å². The molecule has 0 bridgehead atoms. The number of amidine groups is 1. The van der Waals surface area contributed by atoms with Crippen LogP contribution in [-0.4, -0.2) is 21.1 Å². The molecule has 0 radical (unpaired) electrons. The van der Waals surface area contributed by atoms with Gasteiger partial charge in [-0.2, -0.15) is 0 Å². The first kappa shape index (κ1) is 19.0. The average molecular weight is 401 g/mol. The Morgan fingerprint density at radius 2 is 1.48 bits per heavy atom. The number of aliphatic imine (C=N–C) groups is 1. The van der Waals surface area contributed by atoms with Crippen LogP contribution in [-0.2, 0) is 17.9 Å². The number of nitrogens with zero attached hydrogens (tertiary/aromatic N) is 2. The third-order valence-corrected chi connectivity index (χ3v) is 5.55. The molecule has 0 unspecified atom stereocenters. The lowest BCUT2D eigenvalue weighted by molar-refractivity contribution is -0.122. The highest BCUT2D eigenvalue weighted by Gasteiger charge is 2.33. The third-order valence-electron chi connectivity index (χ3n) is 4.50. The maximum absolute atomic E-state index is 13.1. The van der Waals surface area contributed by atoms with Crippen molar-refractivity contribution in [2.45, 2.75) is 13.1 Å². The van der Waals surface area contributed by atoms with E-state index in [2.05, 4.69) is 0 Å². The summed E-state index contributed by atoms with van der Waals surface area (Å²) in [4.78, 5) is 20.2. The van der Waals surface area contributed by atoms with Gasteiger partial charge in [0.05, 0.1) is 18.0 Å². The Morgan fingerprint density at radius 1 is 0.862 bits per heavy atom. The van der Waals surface area contributed by atoms with Crippen LogP contribution in [0.1, 0.15) is 16.7 Å². The van der Waals surface area contributed by atoms with Crippen molar-refractivity contribution in [3.8, 4) is 5.75 Å². The normalized spacial score (nSPS) is 16.7. The SMILES string of the molecule is O=C1/C(=C/c2ccc(O)cc2)SC(=NCc2ccccc2)N1Cc1ccccc1. The van der Waals surface area contributed by atoms with E-state index in [9.17, 15) is 9.90 Å². The van der Waals surface area contributed by atoms with Gasteiger partial charge in [-0.15, -0.1) is 0 Å². The molecule has 29 heavy (non-hydrogen) atoms. The standard InChI is InChI=1S/C24H20N2O2S/c27-21-13-11-18(12-14-21)15-22-23(28)26(17-20-9-5-2-6-10-20)24(29-22)25-16-19-7-3-1-4-8-19/h1-15,27H,16-17H2/b22-15-,25-24?. The van der Waals surface area contributed by atoms with Gasteiger partial charge >= 0.3 is 0 Å². The fourth-order valence-electron chi connectivity index (χ4n) is 3.00. The molecule has 1 aliphatic heterocycles. The van der Waals surface area contributed by atoms with Crippen LogP contribution in [0.4, 0.5) is 0 Å². The van der Waals surface area contributed by atoms with Gasteiger partial charge in [0.2, 0.25) is 0 Å². The van der Waals surface area contributed by atoms with E-state index in [0.717, 1.165) is 16.7 Å². The predicted molar refractivity (Wildman–Crippen MR) is 118 cm³/mol. The van der Waals surface area contributed by atoms with E-state index in [1.165, 1.54) is 11.8 Å². The minimum absolute atomic E-state index is 0.0567. The Bertz CT molecular complexity index is 1050. The number of phenolic OH excluding ortho intramolecular Hbond substituents is 1. The summed E-state index contributed by atoms with van der Waals surface area (Å²) in [7, 11) is 0. The van der Waals surface area contributed by atoms with Crippen molar-refractivity contribution < 1.29 is 9.90 Å². The summed E-state index contributed by atoms with van der Waals surface area (Å²) in [6.45, 7) is 1.00. The fraction of sp³-hybridized carbons (Fsp3) is 0.0833. The van der Waals surface area contributed by atoms with E-state index < -0.39 is 0 Å². The first-order chi connectivity index (χ1) is 14.2. The number of carbonyl (C=O) groups excluding carboxylic acids is 1. The molecule has 5 heteroatoms. The second kappa shape index (κ2) is 8.80. The zero-order valence-electron chi connectivity index (χ0n) is 15.7. The molecule has 1 aliphatic rings. The summed E-state index contributed by atoms with van der Waals surface area (Å²) >= 11 is 1.39. The van der Waals surface area contributed by atoms with Crippen LogP contribution in [0.15, 0.2) is 94.8 Å². The number of aromatic hydroxyl groups is 1. The Morgan fingerprint density at radius 3 is 2.14 bits per heavy atom. The monoisotopic (exact) mass is 400 g/mol. The number of phenols is 1. The number of thioether (sulfide) groups is 1. The minimum atomic E-state index is -0.0567. The number of carbonyl (C=O) groups is 1. The highest BCUT2D eigenvalue weighted by Crippen LogP contribution is 2.34. The predicted octanol–water partition coefficient (Wildman–Crippen LogP) is 5.06. The average Bonchev–Trinajstić information content (AvgIpc) is 3.04. The van der Waals surface area contributed by atoms with Crippen molar-refractivity contribution in [2.24, 2.45) is 4.99 Å². The van der Waals surface area contributed by atoms with Gasteiger partial charge in [0.15, 0.2) is 5.17 Å². The molecule has 0 atom stereocenters. The zero-order valence-corrected chi connectivity index (χ0v) is 16.5. The van der Waals surface area contributed by atoms with E-state index in [-0.39, 0.29) is 11.7 Å². The summed E-state index contributed by atoms with van der Waals surface area (Å²) in [6.07, 6.45) is 1.84. The number of rotatable bonds is 5. The van der Waals surface area contributed by atoms with Crippen LogP contribution in [0, 0.1) is 0 Å². The van der Waals surface area contributed by atoms with Gasteiger partial charge in [0.25, 0.3) is 5.91 Å². The largest absolute Gasteiger partial charge is 0.508 e. The molecule has 4 nitrogen and oxygen atoms in total. The molecule has 4 rings (SSSR count). The van der Waals surface area contributed by atoms with E-state index in [4.69, 9.17) is 4.99 Å². The van der Waals surface area contributed by atoms with Crippen molar-refractivity contribution in [1.82, 2.24) is 4.90 Å². The first-order valence-electron chi connectivity index (χ1n) is 9.32. The zero-order chi connectivity index (χ0) is 20.1. The van der Waals surface area contributed by atoms with Crippen molar-refractivity contribution >= 4 is 28.9 Å². The Kier molecular flexibility index (Phi) is 5.77. The molecule has 0 aliphatic carbocycles. The topological polar surface area (TPSA) is 52.9 Å². The first-order valence-corrected chi connectivity index (χ1v) is 10.1. The summed E-state index contributed by atoms with van der Waals surface area (Å²) in [5.74, 6) is 0.145. The summed E-state index contributed by atoms with van der Waals surface area (Å²) in [5, 5.41) is 10.2. The molecule has 3 aromatic rings. The maximum Gasteiger partial charge on any atom is 0.267 e. The molecule has 1 amide bonds. The summed E-state index contributed by atoms with van der Waals surface area (Å²) in [5.41, 5.74) is 3.02. The number of hydrogen-bond acceptors (Lipinski definition) is 4. The Balaban J connectivity index is 1.62. The van der Waals surface area contributed by atoms with E-state index in [0.29, 0.717) is 23.2 Å². The van der Waals surface area contributed by atoms with Crippen molar-refractivity contribution in [3.63, 3.8) is 0 Å². The summed E-state index contributed by atoms with van der Waals surface area (Å²) < 4.78 is 0. The molecule has 1 saturated heterocycles. The lowest BCUT2D eigenvalue weighted by Gasteiger charge is -2.15. The lowest BCUT2D eigenvalue weighted by Crippen LogP contribution is -2.28. The van der Waals surface area contributed by atoms with Crippen molar-refractivity contribution in [1.29, 1.82) is 0 Å². The molecular weight excluding hydrogens is 380 g/mol. The number of amides is 1. The smallest absolute Gasteiger partial charge is 0.267 e. The second-order valence-corrected chi connectivity index (χ2v) is 7.67. The van der Waals surface area contributed by atoms with E-state index in [1.54, 1.807) is 29.2 Å². The molecule has 0 saturated carbocycles. The maximum atomic E-state index is 13.1. The molecule has 1 N–H and O–H groups in total. The van der Waals surface area contributed by atoms with Gasteiger partial charge in [-0.05, 0) is 46.7 Å².